The highest BCUT2D eigenvalue weighted by molar-refractivity contribution is 7.98. The lowest BCUT2D eigenvalue weighted by molar-refractivity contribution is -0.384. The molecule has 0 saturated carbocycles. The third-order valence-electron chi connectivity index (χ3n) is 7.15. The van der Waals surface area contributed by atoms with E-state index in [-0.39, 0.29) is 17.3 Å². The summed E-state index contributed by atoms with van der Waals surface area (Å²) >= 11 is 13.9. The number of nitro benzene ring substituents is 1. The van der Waals surface area contributed by atoms with Gasteiger partial charge in [-0.3, -0.25) is 19.5 Å². The second kappa shape index (κ2) is 13.1. The van der Waals surface area contributed by atoms with Crippen LogP contribution < -0.4 is 4.90 Å². The van der Waals surface area contributed by atoms with Gasteiger partial charge in [-0.25, -0.2) is 4.98 Å². The van der Waals surface area contributed by atoms with Gasteiger partial charge in [0.05, 0.1) is 26.4 Å². The fourth-order valence-electron chi connectivity index (χ4n) is 4.89. The van der Waals surface area contributed by atoms with Crippen LogP contribution in [-0.2, 0) is 12.2 Å². The second-order valence-corrected chi connectivity index (χ2v) is 11.7. The van der Waals surface area contributed by atoms with Crippen LogP contribution in [0.3, 0.4) is 0 Å². The highest BCUT2D eigenvalue weighted by Crippen LogP contribution is 2.30. The summed E-state index contributed by atoms with van der Waals surface area (Å²) in [4.78, 5) is 32.0. The van der Waals surface area contributed by atoms with Crippen LogP contribution >= 0.6 is 35.0 Å². The van der Waals surface area contributed by atoms with Gasteiger partial charge in [0.2, 0.25) is 5.89 Å². The quantitative estimate of drug-likeness (QED) is 0.103. The van der Waals surface area contributed by atoms with E-state index < -0.39 is 4.92 Å². The number of hydrogen-bond acceptors (Lipinski definition) is 9. The van der Waals surface area contributed by atoms with Gasteiger partial charge in [-0.1, -0.05) is 65.3 Å². The molecule has 0 atom stereocenters. The summed E-state index contributed by atoms with van der Waals surface area (Å²) in [7, 11) is 0. The van der Waals surface area contributed by atoms with Crippen molar-refractivity contribution in [3.63, 3.8) is 0 Å². The van der Waals surface area contributed by atoms with Gasteiger partial charge in [-0.05, 0) is 35.9 Å². The van der Waals surface area contributed by atoms with Gasteiger partial charge in [-0.15, -0.1) is 10.2 Å². The zero-order chi connectivity index (χ0) is 30.6. The molecule has 1 amide bonds. The van der Waals surface area contributed by atoms with Crippen molar-refractivity contribution >= 4 is 52.2 Å². The number of oxazole rings is 1. The molecule has 5 aromatic rings. The van der Waals surface area contributed by atoms with Crippen LogP contribution in [-0.4, -0.2) is 61.7 Å². The molecule has 0 spiro atoms. The molecule has 44 heavy (non-hydrogen) atoms. The van der Waals surface area contributed by atoms with Gasteiger partial charge >= 0.3 is 0 Å². The first-order valence-corrected chi connectivity index (χ1v) is 15.4. The number of carbonyl (C=O) groups excluding carboxylic acids is 1. The minimum absolute atomic E-state index is 0.0461. The van der Waals surface area contributed by atoms with E-state index in [2.05, 4.69) is 20.1 Å². The Labute approximate surface area is 266 Å². The van der Waals surface area contributed by atoms with Gasteiger partial charge in [0.15, 0.2) is 10.9 Å². The van der Waals surface area contributed by atoms with Crippen molar-refractivity contribution in [3.8, 4) is 5.69 Å². The predicted molar refractivity (Wildman–Crippen MR) is 168 cm³/mol. The maximum Gasteiger partial charge on any atom is 0.275 e. The van der Waals surface area contributed by atoms with Crippen molar-refractivity contribution in [2.24, 2.45) is 0 Å². The summed E-state index contributed by atoms with van der Waals surface area (Å²) in [5, 5.41) is 21.3. The first-order valence-electron chi connectivity index (χ1n) is 13.7. The number of carbonyl (C=O) groups is 1. The molecule has 14 heteroatoms. The van der Waals surface area contributed by atoms with E-state index in [4.69, 9.17) is 27.6 Å². The Kier molecular flexibility index (Phi) is 8.82. The van der Waals surface area contributed by atoms with Crippen molar-refractivity contribution in [2.75, 3.05) is 31.1 Å². The lowest BCUT2D eigenvalue weighted by Gasteiger charge is -2.35. The monoisotopic (exact) mass is 649 g/mol. The molecule has 2 aromatic heterocycles. The Balaban J connectivity index is 1.11. The minimum atomic E-state index is -0.422. The number of piperazine rings is 1. The number of nitrogens with zero attached hydrogens (tertiary/aromatic N) is 7. The SMILES string of the molecule is O=C(c1coc(CSc2nnc(Cc3ccccc3)n2-c2ccc(Cl)c(Cl)c2)n1)N1CCN(c2ccc([N+](=O)[O-])cc2)CC1. The van der Waals surface area contributed by atoms with Gasteiger partial charge in [0.25, 0.3) is 11.6 Å². The van der Waals surface area contributed by atoms with Crippen LogP contribution in [0.2, 0.25) is 10.0 Å². The van der Waals surface area contributed by atoms with E-state index in [9.17, 15) is 14.9 Å². The summed E-state index contributed by atoms with van der Waals surface area (Å²) in [6.45, 7) is 2.17. The number of benzene rings is 3. The van der Waals surface area contributed by atoms with E-state index in [1.165, 1.54) is 30.2 Å². The molecule has 0 N–H and O–H groups in total. The Morgan fingerprint density at radius 3 is 2.36 bits per heavy atom. The molecule has 3 aromatic carbocycles. The Bertz CT molecular complexity index is 1790. The number of nitro groups is 1. The number of thioether (sulfide) groups is 1. The molecule has 6 rings (SSSR count). The topological polar surface area (TPSA) is 123 Å². The number of halogens is 2. The number of hydrogen-bond donors (Lipinski definition) is 0. The number of aromatic nitrogens is 4. The van der Waals surface area contributed by atoms with Crippen LogP contribution in [0.5, 0.6) is 0 Å². The van der Waals surface area contributed by atoms with Crippen molar-refractivity contribution in [2.45, 2.75) is 17.3 Å². The molecule has 3 heterocycles. The van der Waals surface area contributed by atoms with Crippen LogP contribution in [0, 0.1) is 10.1 Å². The van der Waals surface area contributed by atoms with E-state index in [0.29, 0.717) is 59.4 Å². The zero-order valence-corrected chi connectivity index (χ0v) is 25.5. The van der Waals surface area contributed by atoms with Gasteiger partial charge in [-0.2, -0.15) is 0 Å². The third-order valence-corrected chi connectivity index (χ3v) is 8.81. The molecule has 1 saturated heterocycles. The van der Waals surface area contributed by atoms with E-state index >= 15 is 0 Å². The highest BCUT2D eigenvalue weighted by Gasteiger charge is 2.25. The van der Waals surface area contributed by atoms with Crippen LogP contribution in [0.15, 0.2) is 88.6 Å². The first kappa shape index (κ1) is 29.7. The lowest BCUT2D eigenvalue weighted by Crippen LogP contribution is -2.48. The summed E-state index contributed by atoms with van der Waals surface area (Å²) < 4.78 is 7.59. The molecule has 0 radical (unpaired) electrons. The fraction of sp³-hybridized carbons (Fsp3) is 0.200. The first-order chi connectivity index (χ1) is 21.4. The molecule has 11 nitrogen and oxygen atoms in total. The smallest absolute Gasteiger partial charge is 0.275 e. The molecule has 224 valence electrons. The minimum Gasteiger partial charge on any atom is -0.447 e. The van der Waals surface area contributed by atoms with Gasteiger partial charge in [0, 0.05) is 50.4 Å². The number of anilines is 1. The number of non-ortho nitro benzene ring substituents is 1. The summed E-state index contributed by atoms with van der Waals surface area (Å²) in [6, 6.07) is 21.8. The predicted octanol–water partition coefficient (Wildman–Crippen LogP) is 6.32. The normalized spacial score (nSPS) is 13.3. The van der Waals surface area contributed by atoms with Gasteiger partial charge < -0.3 is 14.2 Å². The van der Waals surface area contributed by atoms with Crippen molar-refractivity contribution in [1.29, 1.82) is 0 Å². The lowest BCUT2D eigenvalue weighted by atomic mass is 10.1. The standard InChI is InChI=1S/C30H25Cl2N7O4S/c31-24-11-10-23(17-25(24)32)38-27(16-20-4-2-1-3-5-20)34-35-30(38)44-19-28-33-26(18-43-28)29(40)37-14-12-36(13-15-37)21-6-8-22(9-7-21)39(41)42/h1-11,17-18H,12-16,19H2. The second-order valence-electron chi connectivity index (χ2n) is 9.96. The Hall–Kier alpha value is -4.39. The Morgan fingerprint density at radius 1 is 0.932 bits per heavy atom. The molecule has 1 aliphatic heterocycles. The maximum absolute atomic E-state index is 13.2. The maximum atomic E-state index is 13.2. The van der Waals surface area contributed by atoms with Crippen molar-refractivity contribution in [1.82, 2.24) is 24.6 Å². The van der Waals surface area contributed by atoms with Crippen LogP contribution in [0.25, 0.3) is 5.69 Å². The average molecular weight is 651 g/mol. The zero-order valence-electron chi connectivity index (χ0n) is 23.2. The molecule has 0 aliphatic carbocycles. The molecule has 0 unspecified atom stereocenters. The van der Waals surface area contributed by atoms with Crippen LogP contribution in [0.4, 0.5) is 11.4 Å². The van der Waals surface area contributed by atoms with Gasteiger partial charge in [0.1, 0.15) is 12.1 Å². The molecule has 0 bridgehead atoms. The molecule has 1 aliphatic rings. The average Bonchev–Trinajstić information content (AvgIpc) is 3.69. The summed E-state index contributed by atoms with van der Waals surface area (Å²) in [5.41, 5.74) is 3.02. The Morgan fingerprint density at radius 2 is 1.66 bits per heavy atom. The number of rotatable bonds is 9. The fourth-order valence-corrected chi connectivity index (χ4v) is 6.00. The highest BCUT2D eigenvalue weighted by atomic mass is 35.5. The summed E-state index contributed by atoms with van der Waals surface area (Å²) in [6.07, 6.45) is 1.94. The molecular weight excluding hydrogens is 625 g/mol. The molecular formula is C30H25Cl2N7O4S. The summed E-state index contributed by atoms with van der Waals surface area (Å²) in [5.74, 6) is 1.23. The molecule has 1 fully saturated rings. The number of amides is 1. The van der Waals surface area contributed by atoms with Crippen LogP contribution in [0.1, 0.15) is 27.8 Å². The van der Waals surface area contributed by atoms with Crippen molar-refractivity contribution in [3.05, 3.63) is 122 Å². The van der Waals surface area contributed by atoms with E-state index in [1.807, 2.05) is 41.0 Å². The largest absolute Gasteiger partial charge is 0.447 e. The van der Waals surface area contributed by atoms with E-state index in [0.717, 1.165) is 22.8 Å². The van der Waals surface area contributed by atoms with E-state index in [1.54, 1.807) is 29.2 Å². The van der Waals surface area contributed by atoms with Crippen molar-refractivity contribution < 1.29 is 14.1 Å². The third kappa shape index (κ3) is 6.57.